The standard InChI is InChI=1S/C15H22N2O2/c1-11-12(10-16-13-3-4-13)2-5-15(17-11)19-14-6-8-18-9-7-14/h2,5,13-14,16H,3-4,6-10H2,1H3. The number of aromatic nitrogens is 1. The molecule has 1 aliphatic carbocycles. The van der Waals surface area contributed by atoms with Gasteiger partial charge in [-0.1, -0.05) is 6.07 Å². The molecule has 0 unspecified atom stereocenters. The van der Waals surface area contributed by atoms with E-state index in [2.05, 4.69) is 23.3 Å². The molecule has 1 aliphatic heterocycles. The molecule has 1 saturated carbocycles. The van der Waals surface area contributed by atoms with E-state index in [0.717, 1.165) is 50.2 Å². The number of aryl methyl sites for hydroxylation is 1. The Morgan fingerprint density at radius 2 is 2.05 bits per heavy atom. The smallest absolute Gasteiger partial charge is 0.213 e. The Kier molecular flexibility index (Phi) is 3.99. The van der Waals surface area contributed by atoms with Crippen molar-refractivity contribution in [3.63, 3.8) is 0 Å². The van der Waals surface area contributed by atoms with Crippen LogP contribution in [0.2, 0.25) is 0 Å². The Balaban J connectivity index is 1.57. The van der Waals surface area contributed by atoms with Crippen LogP contribution in [0.3, 0.4) is 0 Å². The topological polar surface area (TPSA) is 43.4 Å². The Morgan fingerprint density at radius 3 is 2.74 bits per heavy atom. The number of pyridine rings is 1. The molecule has 3 rings (SSSR count). The van der Waals surface area contributed by atoms with Crippen molar-refractivity contribution in [3.8, 4) is 5.88 Å². The fraction of sp³-hybridized carbons (Fsp3) is 0.667. The molecule has 0 atom stereocenters. The highest BCUT2D eigenvalue weighted by Gasteiger charge is 2.20. The molecule has 1 aromatic heterocycles. The van der Waals surface area contributed by atoms with E-state index in [1.54, 1.807) is 0 Å². The summed E-state index contributed by atoms with van der Waals surface area (Å²) in [6.45, 7) is 4.57. The first-order valence-electron chi connectivity index (χ1n) is 7.25. The highest BCUT2D eigenvalue weighted by atomic mass is 16.5. The van der Waals surface area contributed by atoms with Gasteiger partial charge >= 0.3 is 0 Å². The van der Waals surface area contributed by atoms with Crippen molar-refractivity contribution >= 4 is 0 Å². The van der Waals surface area contributed by atoms with E-state index in [1.165, 1.54) is 18.4 Å². The third-order valence-electron chi connectivity index (χ3n) is 3.78. The number of nitrogens with zero attached hydrogens (tertiary/aromatic N) is 1. The Hall–Kier alpha value is -1.13. The number of nitrogens with one attached hydrogen (secondary N) is 1. The predicted octanol–water partition coefficient (Wildman–Crippen LogP) is 2.20. The summed E-state index contributed by atoms with van der Waals surface area (Å²) < 4.78 is 11.2. The first-order chi connectivity index (χ1) is 9.31. The van der Waals surface area contributed by atoms with Crippen molar-refractivity contribution in [2.75, 3.05) is 13.2 Å². The zero-order valence-electron chi connectivity index (χ0n) is 11.5. The summed E-state index contributed by atoms with van der Waals surface area (Å²) in [6.07, 6.45) is 4.82. The lowest BCUT2D eigenvalue weighted by atomic mass is 10.1. The summed E-state index contributed by atoms with van der Waals surface area (Å²) in [7, 11) is 0. The molecule has 0 bridgehead atoms. The average molecular weight is 262 g/mol. The monoisotopic (exact) mass is 262 g/mol. The van der Waals surface area contributed by atoms with Gasteiger partial charge in [0, 0.05) is 37.2 Å². The molecular weight excluding hydrogens is 240 g/mol. The van der Waals surface area contributed by atoms with Crippen molar-refractivity contribution in [2.24, 2.45) is 0 Å². The lowest BCUT2D eigenvalue weighted by Crippen LogP contribution is -2.26. The highest BCUT2D eigenvalue weighted by Crippen LogP contribution is 2.21. The molecule has 0 spiro atoms. The average Bonchev–Trinajstić information content (AvgIpc) is 3.23. The summed E-state index contributed by atoms with van der Waals surface area (Å²) in [5.41, 5.74) is 2.34. The Bertz CT molecular complexity index is 426. The molecule has 4 heteroatoms. The molecule has 104 valence electrons. The number of rotatable bonds is 5. The van der Waals surface area contributed by atoms with E-state index in [0.29, 0.717) is 0 Å². The van der Waals surface area contributed by atoms with Crippen LogP contribution in [0.5, 0.6) is 5.88 Å². The molecule has 1 aromatic rings. The molecule has 1 N–H and O–H groups in total. The fourth-order valence-corrected chi connectivity index (χ4v) is 2.33. The second-order valence-corrected chi connectivity index (χ2v) is 5.48. The van der Waals surface area contributed by atoms with Crippen molar-refractivity contribution in [1.82, 2.24) is 10.3 Å². The maximum absolute atomic E-state index is 5.92. The molecule has 2 heterocycles. The number of ether oxygens (including phenoxy) is 2. The molecular formula is C15H22N2O2. The first kappa shape index (κ1) is 12.9. The van der Waals surface area contributed by atoms with Crippen molar-refractivity contribution in [1.29, 1.82) is 0 Å². The van der Waals surface area contributed by atoms with Crippen LogP contribution in [0.4, 0.5) is 0 Å². The molecule has 1 saturated heterocycles. The Morgan fingerprint density at radius 1 is 1.26 bits per heavy atom. The second-order valence-electron chi connectivity index (χ2n) is 5.48. The van der Waals surface area contributed by atoms with Crippen LogP contribution in [-0.2, 0) is 11.3 Å². The van der Waals surface area contributed by atoms with E-state index in [4.69, 9.17) is 9.47 Å². The Labute approximate surface area is 114 Å². The van der Waals surface area contributed by atoms with Gasteiger partial charge in [-0.15, -0.1) is 0 Å². The zero-order chi connectivity index (χ0) is 13.1. The van der Waals surface area contributed by atoms with Gasteiger partial charge in [-0.05, 0) is 25.3 Å². The molecule has 4 nitrogen and oxygen atoms in total. The van der Waals surface area contributed by atoms with Crippen molar-refractivity contribution < 1.29 is 9.47 Å². The van der Waals surface area contributed by atoms with Gasteiger partial charge in [0.15, 0.2) is 0 Å². The van der Waals surface area contributed by atoms with Crippen molar-refractivity contribution in [2.45, 2.75) is 51.3 Å². The van der Waals surface area contributed by atoms with E-state index in [1.807, 2.05) is 6.07 Å². The minimum Gasteiger partial charge on any atom is -0.474 e. The highest BCUT2D eigenvalue weighted by molar-refractivity contribution is 5.25. The first-order valence-corrected chi connectivity index (χ1v) is 7.25. The summed E-state index contributed by atoms with van der Waals surface area (Å²) in [4.78, 5) is 4.56. The van der Waals surface area contributed by atoms with Gasteiger partial charge in [-0.3, -0.25) is 0 Å². The van der Waals surface area contributed by atoms with E-state index in [-0.39, 0.29) is 6.10 Å². The van der Waals surface area contributed by atoms with Crippen LogP contribution < -0.4 is 10.1 Å². The molecule has 0 amide bonds. The lowest BCUT2D eigenvalue weighted by molar-refractivity contribution is 0.0237. The van der Waals surface area contributed by atoms with E-state index < -0.39 is 0 Å². The van der Waals surface area contributed by atoms with Gasteiger partial charge in [0.2, 0.25) is 5.88 Å². The fourth-order valence-electron chi connectivity index (χ4n) is 2.33. The summed E-state index contributed by atoms with van der Waals surface area (Å²) in [5, 5.41) is 3.52. The minimum absolute atomic E-state index is 0.260. The summed E-state index contributed by atoms with van der Waals surface area (Å²) >= 11 is 0. The van der Waals surface area contributed by atoms with Gasteiger partial charge in [0.05, 0.1) is 13.2 Å². The molecule has 19 heavy (non-hydrogen) atoms. The largest absolute Gasteiger partial charge is 0.474 e. The van der Waals surface area contributed by atoms with Gasteiger partial charge in [0.25, 0.3) is 0 Å². The van der Waals surface area contributed by atoms with Crippen LogP contribution in [-0.4, -0.2) is 30.3 Å². The normalized spacial score (nSPS) is 20.5. The number of hydrogen-bond acceptors (Lipinski definition) is 4. The molecule has 2 aliphatic rings. The second kappa shape index (κ2) is 5.88. The van der Waals surface area contributed by atoms with E-state index >= 15 is 0 Å². The lowest BCUT2D eigenvalue weighted by Gasteiger charge is -2.23. The van der Waals surface area contributed by atoms with Crippen LogP contribution >= 0.6 is 0 Å². The predicted molar refractivity (Wildman–Crippen MR) is 73.3 cm³/mol. The zero-order valence-corrected chi connectivity index (χ0v) is 11.5. The van der Waals surface area contributed by atoms with Crippen LogP contribution in [0.25, 0.3) is 0 Å². The molecule has 0 radical (unpaired) electrons. The SMILES string of the molecule is Cc1nc(OC2CCOCC2)ccc1CNC1CC1. The van der Waals surface area contributed by atoms with Gasteiger partial charge < -0.3 is 14.8 Å². The molecule has 0 aromatic carbocycles. The number of hydrogen-bond donors (Lipinski definition) is 1. The third-order valence-corrected chi connectivity index (χ3v) is 3.78. The van der Waals surface area contributed by atoms with Gasteiger partial charge in [-0.25, -0.2) is 4.98 Å². The quantitative estimate of drug-likeness (QED) is 0.883. The maximum atomic E-state index is 5.92. The maximum Gasteiger partial charge on any atom is 0.213 e. The van der Waals surface area contributed by atoms with Crippen LogP contribution in [0.1, 0.15) is 36.9 Å². The summed E-state index contributed by atoms with van der Waals surface area (Å²) in [6, 6.07) is 4.86. The van der Waals surface area contributed by atoms with E-state index in [9.17, 15) is 0 Å². The van der Waals surface area contributed by atoms with Crippen LogP contribution in [0, 0.1) is 6.92 Å². The minimum atomic E-state index is 0.260. The van der Waals surface area contributed by atoms with Crippen molar-refractivity contribution in [3.05, 3.63) is 23.4 Å². The summed E-state index contributed by atoms with van der Waals surface area (Å²) in [5.74, 6) is 0.750. The third kappa shape index (κ3) is 3.67. The van der Waals surface area contributed by atoms with Gasteiger partial charge in [0.1, 0.15) is 6.10 Å². The molecule has 2 fully saturated rings. The van der Waals surface area contributed by atoms with Crippen LogP contribution in [0.15, 0.2) is 12.1 Å². The van der Waals surface area contributed by atoms with Gasteiger partial charge in [-0.2, -0.15) is 0 Å².